The molecule has 1 heterocycles. The number of hydrogen-bond donors (Lipinski definition) is 2. The van der Waals surface area contributed by atoms with Crippen molar-refractivity contribution >= 4 is 10.9 Å². The predicted octanol–water partition coefficient (Wildman–Crippen LogP) is 1.88. The van der Waals surface area contributed by atoms with Crippen LogP contribution in [0.1, 0.15) is 18.6 Å². The fraction of sp³-hybridized carbons (Fsp3) is 0.308. The van der Waals surface area contributed by atoms with Crippen LogP contribution in [0.15, 0.2) is 36.5 Å². The molecule has 0 amide bonds. The van der Waals surface area contributed by atoms with Gasteiger partial charge in [-0.1, -0.05) is 25.1 Å². The molecule has 0 saturated heterocycles. The van der Waals surface area contributed by atoms with Gasteiger partial charge in [-0.15, -0.1) is 0 Å². The Kier molecular flexibility index (Phi) is 3.49. The summed E-state index contributed by atoms with van der Waals surface area (Å²) in [5, 5.41) is 14.2. The molecule has 3 nitrogen and oxygen atoms in total. The molecule has 16 heavy (non-hydrogen) atoms. The highest BCUT2D eigenvalue weighted by atomic mass is 16.3. The van der Waals surface area contributed by atoms with Gasteiger partial charge in [-0.3, -0.25) is 4.98 Å². The lowest BCUT2D eigenvalue weighted by atomic mass is 10.0. The summed E-state index contributed by atoms with van der Waals surface area (Å²) in [5.74, 6) is 0. The maximum atomic E-state index is 10.1. The number of hydrogen-bond acceptors (Lipinski definition) is 3. The lowest BCUT2D eigenvalue weighted by Gasteiger charge is -2.13. The van der Waals surface area contributed by atoms with Gasteiger partial charge < -0.3 is 10.4 Å². The third-order valence-electron chi connectivity index (χ3n) is 2.63. The predicted molar refractivity (Wildman–Crippen MR) is 65.2 cm³/mol. The highest BCUT2D eigenvalue weighted by Gasteiger charge is 2.10. The second kappa shape index (κ2) is 5.05. The molecule has 2 rings (SSSR count). The molecule has 1 aromatic heterocycles. The van der Waals surface area contributed by atoms with E-state index in [4.69, 9.17) is 0 Å². The molecule has 0 bridgehead atoms. The second-order valence-corrected chi connectivity index (χ2v) is 3.74. The van der Waals surface area contributed by atoms with E-state index in [1.54, 1.807) is 6.20 Å². The van der Waals surface area contributed by atoms with Crippen LogP contribution in [0.2, 0.25) is 0 Å². The van der Waals surface area contributed by atoms with Gasteiger partial charge in [0.05, 0.1) is 11.6 Å². The van der Waals surface area contributed by atoms with Gasteiger partial charge in [-0.05, 0) is 24.2 Å². The minimum atomic E-state index is -0.479. The second-order valence-electron chi connectivity index (χ2n) is 3.74. The number of aliphatic hydroxyl groups excluding tert-OH is 1. The van der Waals surface area contributed by atoms with Gasteiger partial charge in [0.1, 0.15) is 0 Å². The van der Waals surface area contributed by atoms with Crippen LogP contribution >= 0.6 is 0 Å². The SMILES string of the molecule is CCNCC(O)c1cccc2ncccc12. The molecule has 2 aromatic rings. The molecule has 0 fully saturated rings. The number of nitrogens with zero attached hydrogens (tertiary/aromatic N) is 1. The van der Waals surface area contributed by atoms with E-state index in [9.17, 15) is 5.11 Å². The summed E-state index contributed by atoms with van der Waals surface area (Å²) in [4.78, 5) is 4.27. The van der Waals surface area contributed by atoms with Crippen LogP contribution in [0.4, 0.5) is 0 Å². The minimum absolute atomic E-state index is 0.479. The Hall–Kier alpha value is -1.45. The number of nitrogens with one attached hydrogen (secondary N) is 1. The number of fused-ring (bicyclic) bond motifs is 1. The molecule has 0 aliphatic rings. The van der Waals surface area contributed by atoms with E-state index < -0.39 is 6.10 Å². The first-order chi connectivity index (χ1) is 7.83. The molecule has 3 heteroatoms. The summed E-state index contributed by atoms with van der Waals surface area (Å²) in [6.07, 6.45) is 1.29. The van der Waals surface area contributed by atoms with Crippen molar-refractivity contribution in [3.63, 3.8) is 0 Å². The fourth-order valence-corrected chi connectivity index (χ4v) is 1.81. The summed E-state index contributed by atoms with van der Waals surface area (Å²) in [6.45, 7) is 3.46. The number of likely N-dealkylation sites (N-methyl/N-ethyl adjacent to an activating group) is 1. The standard InChI is InChI=1S/C13H16N2O/c1-2-14-9-13(16)11-5-3-7-12-10(11)6-4-8-15-12/h3-8,13-14,16H,2,9H2,1H3. The summed E-state index contributed by atoms with van der Waals surface area (Å²) in [7, 11) is 0. The first-order valence-electron chi connectivity index (χ1n) is 5.55. The van der Waals surface area contributed by atoms with E-state index in [0.717, 1.165) is 23.0 Å². The normalized spacial score (nSPS) is 12.9. The van der Waals surface area contributed by atoms with Crippen LogP contribution in [0.3, 0.4) is 0 Å². The Morgan fingerprint density at radius 3 is 3.00 bits per heavy atom. The summed E-state index contributed by atoms with van der Waals surface area (Å²) in [6, 6.07) is 9.73. The Morgan fingerprint density at radius 1 is 1.31 bits per heavy atom. The Labute approximate surface area is 95.1 Å². The number of benzene rings is 1. The topological polar surface area (TPSA) is 45.1 Å². The number of aromatic nitrogens is 1. The Bertz CT molecular complexity index is 465. The maximum Gasteiger partial charge on any atom is 0.0920 e. The van der Waals surface area contributed by atoms with Crippen LogP contribution in [0.25, 0.3) is 10.9 Å². The molecule has 0 aliphatic carbocycles. The maximum absolute atomic E-state index is 10.1. The zero-order valence-corrected chi connectivity index (χ0v) is 9.35. The summed E-state index contributed by atoms with van der Waals surface area (Å²) in [5.41, 5.74) is 1.86. The lowest BCUT2D eigenvalue weighted by Crippen LogP contribution is -2.21. The summed E-state index contributed by atoms with van der Waals surface area (Å²) >= 11 is 0. The van der Waals surface area contributed by atoms with E-state index in [1.165, 1.54) is 0 Å². The summed E-state index contributed by atoms with van der Waals surface area (Å²) < 4.78 is 0. The number of pyridine rings is 1. The third kappa shape index (κ3) is 2.21. The van der Waals surface area contributed by atoms with Crippen LogP contribution in [0.5, 0.6) is 0 Å². The van der Waals surface area contributed by atoms with E-state index >= 15 is 0 Å². The van der Waals surface area contributed by atoms with Crippen molar-refractivity contribution in [2.75, 3.05) is 13.1 Å². The highest BCUT2D eigenvalue weighted by molar-refractivity contribution is 5.82. The molecule has 1 unspecified atom stereocenters. The zero-order chi connectivity index (χ0) is 11.4. The van der Waals surface area contributed by atoms with Gasteiger partial charge in [0.2, 0.25) is 0 Å². The molecule has 0 radical (unpaired) electrons. The molecule has 1 atom stereocenters. The molecule has 84 valence electrons. The van der Waals surface area contributed by atoms with Crippen LogP contribution < -0.4 is 5.32 Å². The van der Waals surface area contributed by atoms with Gasteiger partial charge in [-0.2, -0.15) is 0 Å². The van der Waals surface area contributed by atoms with Gasteiger partial charge in [-0.25, -0.2) is 0 Å². The number of rotatable bonds is 4. The zero-order valence-electron chi connectivity index (χ0n) is 9.35. The lowest BCUT2D eigenvalue weighted by molar-refractivity contribution is 0.177. The molecule has 0 saturated carbocycles. The molecular weight excluding hydrogens is 200 g/mol. The average molecular weight is 216 g/mol. The van der Waals surface area contributed by atoms with Gasteiger partial charge in [0, 0.05) is 18.1 Å². The third-order valence-corrected chi connectivity index (χ3v) is 2.63. The smallest absolute Gasteiger partial charge is 0.0920 e. The van der Waals surface area contributed by atoms with Gasteiger partial charge >= 0.3 is 0 Å². The van der Waals surface area contributed by atoms with Crippen molar-refractivity contribution in [3.05, 3.63) is 42.1 Å². The van der Waals surface area contributed by atoms with Gasteiger partial charge in [0.15, 0.2) is 0 Å². The van der Waals surface area contributed by atoms with Crippen molar-refractivity contribution in [2.45, 2.75) is 13.0 Å². The van der Waals surface area contributed by atoms with Crippen molar-refractivity contribution < 1.29 is 5.11 Å². The fourth-order valence-electron chi connectivity index (χ4n) is 1.81. The van der Waals surface area contributed by atoms with Crippen LogP contribution in [0, 0.1) is 0 Å². The van der Waals surface area contributed by atoms with Crippen molar-refractivity contribution in [1.82, 2.24) is 10.3 Å². The average Bonchev–Trinajstić information content (AvgIpc) is 2.35. The van der Waals surface area contributed by atoms with Crippen molar-refractivity contribution in [3.8, 4) is 0 Å². The van der Waals surface area contributed by atoms with E-state index in [1.807, 2.05) is 37.3 Å². The monoisotopic (exact) mass is 216 g/mol. The molecular formula is C13H16N2O. The number of aliphatic hydroxyl groups is 1. The molecule has 1 aromatic carbocycles. The van der Waals surface area contributed by atoms with Crippen LogP contribution in [-0.4, -0.2) is 23.2 Å². The first-order valence-corrected chi connectivity index (χ1v) is 5.55. The van der Waals surface area contributed by atoms with E-state index in [0.29, 0.717) is 6.54 Å². The quantitative estimate of drug-likeness (QED) is 0.820. The van der Waals surface area contributed by atoms with Crippen molar-refractivity contribution in [2.24, 2.45) is 0 Å². The highest BCUT2D eigenvalue weighted by Crippen LogP contribution is 2.22. The molecule has 0 spiro atoms. The largest absolute Gasteiger partial charge is 0.387 e. The van der Waals surface area contributed by atoms with Crippen molar-refractivity contribution in [1.29, 1.82) is 0 Å². The first kappa shape index (κ1) is 11.0. The van der Waals surface area contributed by atoms with E-state index in [2.05, 4.69) is 10.3 Å². The minimum Gasteiger partial charge on any atom is -0.387 e. The van der Waals surface area contributed by atoms with E-state index in [-0.39, 0.29) is 0 Å². The molecule has 0 aliphatic heterocycles. The molecule has 2 N–H and O–H groups in total. The van der Waals surface area contributed by atoms with Gasteiger partial charge in [0.25, 0.3) is 0 Å². The Morgan fingerprint density at radius 2 is 2.19 bits per heavy atom. The Balaban J connectivity index is 2.36. The van der Waals surface area contributed by atoms with Crippen LogP contribution in [-0.2, 0) is 0 Å².